The van der Waals surface area contributed by atoms with E-state index in [0.29, 0.717) is 5.33 Å². The van der Waals surface area contributed by atoms with Crippen LogP contribution in [0.5, 0.6) is 0 Å². The predicted octanol–water partition coefficient (Wildman–Crippen LogP) is 3.61. The molecule has 2 nitrogen and oxygen atoms in total. The van der Waals surface area contributed by atoms with Gasteiger partial charge in [0.15, 0.2) is 0 Å². The molecule has 0 saturated carbocycles. The number of halogens is 1. The Balaban J connectivity index is 2.87. The van der Waals surface area contributed by atoms with Crippen LogP contribution in [0.3, 0.4) is 0 Å². The van der Waals surface area contributed by atoms with Crippen molar-refractivity contribution < 1.29 is 4.79 Å². The quantitative estimate of drug-likeness (QED) is 0.844. The van der Waals surface area contributed by atoms with Crippen molar-refractivity contribution in [3.8, 4) is 0 Å². The van der Waals surface area contributed by atoms with Gasteiger partial charge in [0.2, 0.25) is 5.91 Å². The van der Waals surface area contributed by atoms with Crippen LogP contribution >= 0.6 is 15.9 Å². The van der Waals surface area contributed by atoms with E-state index < -0.39 is 0 Å². The number of anilines is 1. The SMILES string of the molecule is CC(C)(C)Cc1ccccc1NC(=O)CBr. The highest BCUT2D eigenvalue weighted by atomic mass is 79.9. The van der Waals surface area contributed by atoms with Crippen molar-refractivity contribution in [2.75, 3.05) is 10.6 Å². The molecule has 1 aromatic carbocycles. The molecule has 1 rings (SSSR count). The highest BCUT2D eigenvalue weighted by Crippen LogP contribution is 2.25. The number of nitrogens with one attached hydrogen (secondary N) is 1. The molecule has 0 bridgehead atoms. The van der Waals surface area contributed by atoms with E-state index in [-0.39, 0.29) is 11.3 Å². The average molecular weight is 284 g/mol. The Morgan fingerprint density at radius 1 is 1.31 bits per heavy atom. The highest BCUT2D eigenvalue weighted by Gasteiger charge is 2.14. The predicted molar refractivity (Wildman–Crippen MR) is 72.0 cm³/mol. The summed E-state index contributed by atoms with van der Waals surface area (Å²) in [5, 5.41) is 3.23. The Morgan fingerprint density at radius 2 is 1.94 bits per heavy atom. The number of benzene rings is 1. The normalized spacial score (nSPS) is 11.2. The molecule has 3 heteroatoms. The van der Waals surface area contributed by atoms with Gasteiger partial charge in [0.1, 0.15) is 0 Å². The Bertz CT molecular complexity index is 368. The average Bonchev–Trinajstić information content (AvgIpc) is 2.18. The third kappa shape index (κ3) is 4.35. The second-order valence-electron chi connectivity index (χ2n) is 5.08. The molecular formula is C13H18BrNO. The lowest BCUT2D eigenvalue weighted by molar-refractivity contribution is -0.113. The first kappa shape index (κ1) is 13.2. The van der Waals surface area contributed by atoms with E-state index in [1.807, 2.05) is 18.2 Å². The fourth-order valence-electron chi connectivity index (χ4n) is 1.55. The molecule has 1 aromatic rings. The lowest BCUT2D eigenvalue weighted by atomic mass is 9.87. The van der Waals surface area contributed by atoms with E-state index in [2.05, 4.69) is 48.1 Å². The number of hydrogen-bond donors (Lipinski definition) is 1. The standard InChI is InChI=1S/C13H18BrNO/c1-13(2,3)8-10-6-4-5-7-11(10)15-12(16)9-14/h4-7H,8-9H2,1-3H3,(H,15,16). The van der Waals surface area contributed by atoms with E-state index in [9.17, 15) is 4.79 Å². The van der Waals surface area contributed by atoms with Crippen LogP contribution in [0.2, 0.25) is 0 Å². The van der Waals surface area contributed by atoms with Crippen LogP contribution in [0.25, 0.3) is 0 Å². The minimum absolute atomic E-state index is 0.0126. The molecule has 1 N–H and O–H groups in total. The summed E-state index contributed by atoms with van der Waals surface area (Å²) in [6, 6.07) is 7.96. The van der Waals surface area contributed by atoms with E-state index in [1.165, 1.54) is 5.56 Å². The van der Waals surface area contributed by atoms with Crippen LogP contribution in [0.15, 0.2) is 24.3 Å². The molecule has 0 spiro atoms. The number of hydrogen-bond acceptors (Lipinski definition) is 1. The topological polar surface area (TPSA) is 29.1 Å². The van der Waals surface area contributed by atoms with Crippen LogP contribution in [0.1, 0.15) is 26.3 Å². The highest BCUT2D eigenvalue weighted by molar-refractivity contribution is 9.09. The summed E-state index contributed by atoms with van der Waals surface area (Å²) in [7, 11) is 0. The molecule has 88 valence electrons. The summed E-state index contributed by atoms with van der Waals surface area (Å²) >= 11 is 3.15. The first-order valence-electron chi connectivity index (χ1n) is 5.36. The van der Waals surface area contributed by atoms with Crippen molar-refractivity contribution in [2.24, 2.45) is 5.41 Å². The summed E-state index contributed by atoms with van der Waals surface area (Å²) in [6.07, 6.45) is 0.950. The van der Waals surface area contributed by atoms with Crippen molar-refractivity contribution >= 4 is 27.5 Å². The molecule has 0 radical (unpaired) electrons. The van der Waals surface area contributed by atoms with Gasteiger partial charge in [-0.3, -0.25) is 4.79 Å². The minimum atomic E-state index is -0.0126. The van der Waals surface area contributed by atoms with Gasteiger partial charge in [0, 0.05) is 5.69 Å². The lowest BCUT2D eigenvalue weighted by Gasteiger charge is -2.20. The van der Waals surface area contributed by atoms with Crippen LogP contribution in [-0.4, -0.2) is 11.2 Å². The maximum absolute atomic E-state index is 11.3. The Kier molecular flexibility index (Phi) is 4.54. The second kappa shape index (κ2) is 5.48. The molecule has 1 amide bonds. The molecule has 0 aliphatic rings. The molecule has 0 saturated heterocycles. The van der Waals surface area contributed by atoms with Gasteiger partial charge in [-0.15, -0.1) is 0 Å². The van der Waals surface area contributed by atoms with Crippen molar-refractivity contribution in [3.63, 3.8) is 0 Å². The van der Waals surface area contributed by atoms with E-state index in [0.717, 1.165) is 12.1 Å². The number of carbonyl (C=O) groups is 1. The van der Waals surface area contributed by atoms with Crippen LogP contribution in [-0.2, 0) is 11.2 Å². The maximum Gasteiger partial charge on any atom is 0.235 e. The first-order chi connectivity index (χ1) is 7.42. The second-order valence-corrected chi connectivity index (χ2v) is 5.64. The van der Waals surface area contributed by atoms with Crippen molar-refractivity contribution in [1.29, 1.82) is 0 Å². The van der Waals surface area contributed by atoms with Crippen LogP contribution in [0, 0.1) is 5.41 Å². The van der Waals surface area contributed by atoms with Gasteiger partial charge in [-0.2, -0.15) is 0 Å². The Morgan fingerprint density at radius 3 is 2.50 bits per heavy atom. The van der Waals surface area contributed by atoms with Crippen LogP contribution in [0.4, 0.5) is 5.69 Å². The maximum atomic E-state index is 11.3. The first-order valence-corrected chi connectivity index (χ1v) is 6.48. The van der Waals surface area contributed by atoms with E-state index in [1.54, 1.807) is 0 Å². The molecular weight excluding hydrogens is 266 g/mol. The molecule has 0 unspecified atom stereocenters. The van der Waals surface area contributed by atoms with Gasteiger partial charge >= 0.3 is 0 Å². The fourth-order valence-corrected chi connectivity index (χ4v) is 1.69. The third-order valence-corrected chi connectivity index (χ3v) is 2.64. The smallest absolute Gasteiger partial charge is 0.235 e. The Labute approximate surface area is 106 Å². The largest absolute Gasteiger partial charge is 0.325 e. The summed E-state index contributed by atoms with van der Waals surface area (Å²) in [5.74, 6) is -0.0126. The van der Waals surface area contributed by atoms with Gasteiger partial charge in [0.05, 0.1) is 5.33 Å². The summed E-state index contributed by atoms with van der Waals surface area (Å²) in [5.41, 5.74) is 2.32. The Hall–Kier alpha value is -0.830. The molecule has 0 aliphatic carbocycles. The summed E-state index contributed by atoms with van der Waals surface area (Å²) in [6.45, 7) is 6.57. The minimum Gasteiger partial charge on any atom is -0.325 e. The van der Waals surface area contributed by atoms with Gasteiger partial charge < -0.3 is 5.32 Å². The number of alkyl halides is 1. The lowest BCUT2D eigenvalue weighted by Crippen LogP contribution is -2.16. The van der Waals surface area contributed by atoms with Crippen molar-refractivity contribution in [1.82, 2.24) is 0 Å². The number of para-hydroxylation sites is 1. The van der Waals surface area contributed by atoms with Crippen molar-refractivity contribution in [2.45, 2.75) is 27.2 Å². The van der Waals surface area contributed by atoms with Gasteiger partial charge in [-0.1, -0.05) is 54.9 Å². The third-order valence-electron chi connectivity index (χ3n) is 2.13. The van der Waals surface area contributed by atoms with E-state index >= 15 is 0 Å². The molecule has 16 heavy (non-hydrogen) atoms. The monoisotopic (exact) mass is 283 g/mol. The summed E-state index contributed by atoms with van der Waals surface area (Å²) in [4.78, 5) is 11.3. The fraction of sp³-hybridized carbons (Fsp3) is 0.462. The molecule has 0 aliphatic heterocycles. The summed E-state index contributed by atoms with van der Waals surface area (Å²) < 4.78 is 0. The molecule has 0 fully saturated rings. The molecule has 0 aromatic heterocycles. The van der Waals surface area contributed by atoms with Gasteiger partial charge in [0.25, 0.3) is 0 Å². The number of amides is 1. The number of rotatable bonds is 3. The van der Waals surface area contributed by atoms with Gasteiger partial charge in [-0.05, 0) is 23.5 Å². The zero-order valence-electron chi connectivity index (χ0n) is 10.0. The van der Waals surface area contributed by atoms with E-state index in [4.69, 9.17) is 0 Å². The zero-order chi connectivity index (χ0) is 12.2. The van der Waals surface area contributed by atoms with Gasteiger partial charge in [-0.25, -0.2) is 0 Å². The number of carbonyl (C=O) groups excluding carboxylic acids is 1. The molecule has 0 heterocycles. The molecule has 0 atom stereocenters. The zero-order valence-corrected chi connectivity index (χ0v) is 11.6. The van der Waals surface area contributed by atoms with Crippen LogP contribution < -0.4 is 5.32 Å². The van der Waals surface area contributed by atoms with Crippen molar-refractivity contribution in [3.05, 3.63) is 29.8 Å².